The number of benzene rings is 1. The number of nitrogens with one attached hydrogen (secondary N) is 1. The van der Waals surface area contributed by atoms with Crippen LogP contribution in [0.2, 0.25) is 0 Å². The van der Waals surface area contributed by atoms with Crippen LogP contribution in [0.25, 0.3) is 10.8 Å². The molecule has 0 radical (unpaired) electrons. The molecular formula is C13H13N3O2S. The predicted molar refractivity (Wildman–Crippen MR) is 71.8 cm³/mol. The van der Waals surface area contributed by atoms with Crippen molar-refractivity contribution in [2.24, 2.45) is 0 Å². The first-order valence-electron chi connectivity index (χ1n) is 5.64. The molecule has 1 heterocycles. The Labute approximate surface area is 111 Å². The number of nitrogens with zero attached hydrogens (tertiary/aromatic N) is 2. The van der Waals surface area contributed by atoms with E-state index in [0.717, 1.165) is 5.39 Å². The zero-order chi connectivity index (χ0) is 14.1. The second-order valence-electron chi connectivity index (χ2n) is 4.70. The Morgan fingerprint density at radius 2 is 2.05 bits per heavy atom. The molecule has 0 aliphatic rings. The first-order valence-corrected chi connectivity index (χ1v) is 7.12. The second-order valence-corrected chi connectivity index (χ2v) is 6.35. The number of rotatable bonds is 3. The van der Waals surface area contributed by atoms with Crippen molar-refractivity contribution < 1.29 is 8.42 Å². The van der Waals surface area contributed by atoms with Gasteiger partial charge in [0.1, 0.15) is 5.54 Å². The van der Waals surface area contributed by atoms with E-state index in [-0.39, 0.29) is 4.90 Å². The molecule has 0 amide bonds. The average Bonchev–Trinajstić information content (AvgIpc) is 2.37. The highest BCUT2D eigenvalue weighted by Crippen LogP contribution is 2.22. The molecule has 0 fully saturated rings. The van der Waals surface area contributed by atoms with Gasteiger partial charge in [0.05, 0.1) is 11.0 Å². The minimum Gasteiger partial charge on any atom is -0.264 e. The third-order valence-electron chi connectivity index (χ3n) is 2.60. The van der Waals surface area contributed by atoms with Crippen LogP contribution in [0.4, 0.5) is 0 Å². The Morgan fingerprint density at radius 3 is 2.74 bits per heavy atom. The predicted octanol–water partition coefficient (Wildman–Crippen LogP) is 1.82. The minimum absolute atomic E-state index is 0.149. The molecule has 1 aromatic carbocycles. The number of nitriles is 1. The summed E-state index contributed by atoms with van der Waals surface area (Å²) in [6, 6.07) is 8.51. The number of hydrogen-bond acceptors (Lipinski definition) is 4. The van der Waals surface area contributed by atoms with E-state index >= 15 is 0 Å². The molecule has 1 N–H and O–H groups in total. The molecular weight excluding hydrogens is 262 g/mol. The lowest BCUT2D eigenvalue weighted by atomic mass is 10.1. The lowest BCUT2D eigenvalue weighted by Crippen LogP contribution is -2.42. The quantitative estimate of drug-likeness (QED) is 0.926. The lowest BCUT2D eigenvalue weighted by molar-refractivity contribution is 0.536. The molecule has 0 aliphatic heterocycles. The summed E-state index contributed by atoms with van der Waals surface area (Å²) < 4.78 is 27.1. The van der Waals surface area contributed by atoms with Crippen LogP contribution >= 0.6 is 0 Å². The van der Waals surface area contributed by atoms with Crippen molar-refractivity contribution in [2.75, 3.05) is 0 Å². The fraction of sp³-hybridized carbons (Fsp3) is 0.231. The lowest BCUT2D eigenvalue weighted by Gasteiger charge is -2.18. The fourth-order valence-electron chi connectivity index (χ4n) is 1.74. The van der Waals surface area contributed by atoms with Gasteiger partial charge in [0.25, 0.3) is 0 Å². The van der Waals surface area contributed by atoms with Crippen molar-refractivity contribution in [3.63, 3.8) is 0 Å². The van der Waals surface area contributed by atoms with Gasteiger partial charge in [0.2, 0.25) is 10.0 Å². The highest BCUT2D eigenvalue weighted by Gasteiger charge is 2.26. The maximum atomic E-state index is 12.3. The van der Waals surface area contributed by atoms with E-state index in [1.54, 1.807) is 24.4 Å². The van der Waals surface area contributed by atoms with Crippen LogP contribution in [-0.2, 0) is 10.0 Å². The van der Waals surface area contributed by atoms with Crippen LogP contribution in [0.5, 0.6) is 0 Å². The molecule has 98 valence electrons. The Hall–Kier alpha value is -1.97. The molecule has 0 saturated carbocycles. The molecule has 0 aliphatic carbocycles. The molecule has 0 unspecified atom stereocenters. The highest BCUT2D eigenvalue weighted by atomic mass is 32.2. The zero-order valence-corrected chi connectivity index (χ0v) is 11.4. The van der Waals surface area contributed by atoms with Gasteiger partial charge in [0.15, 0.2) is 0 Å². The normalized spacial score (nSPS) is 12.3. The third kappa shape index (κ3) is 2.72. The number of fused-ring (bicyclic) bond motifs is 1. The fourth-order valence-corrected chi connectivity index (χ4v) is 3.30. The van der Waals surface area contributed by atoms with Crippen molar-refractivity contribution >= 4 is 20.8 Å². The summed E-state index contributed by atoms with van der Waals surface area (Å²) in [5.41, 5.74) is -1.16. The van der Waals surface area contributed by atoms with Gasteiger partial charge in [0, 0.05) is 23.2 Å². The molecule has 0 spiro atoms. The zero-order valence-electron chi connectivity index (χ0n) is 10.6. The van der Waals surface area contributed by atoms with Crippen molar-refractivity contribution in [1.29, 1.82) is 5.26 Å². The summed E-state index contributed by atoms with van der Waals surface area (Å²) in [6.07, 6.45) is 3.14. The standard InChI is InChI=1S/C13H13N3O2S/c1-13(2,9-14)16-19(17,18)12-5-3-4-10-8-15-7-6-11(10)12/h3-8,16H,1-2H3. The van der Waals surface area contributed by atoms with Gasteiger partial charge in [-0.15, -0.1) is 0 Å². The maximum Gasteiger partial charge on any atom is 0.242 e. The molecule has 0 bridgehead atoms. The Bertz CT molecular complexity index is 756. The Kier molecular flexibility index (Phi) is 3.27. The van der Waals surface area contributed by atoms with E-state index in [2.05, 4.69) is 9.71 Å². The summed E-state index contributed by atoms with van der Waals surface area (Å²) >= 11 is 0. The van der Waals surface area contributed by atoms with Crippen LogP contribution in [-0.4, -0.2) is 18.9 Å². The van der Waals surface area contributed by atoms with Crippen molar-refractivity contribution in [3.05, 3.63) is 36.7 Å². The third-order valence-corrected chi connectivity index (χ3v) is 4.31. The van der Waals surface area contributed by atoms with Gasteiger partial charge in [-0.1, -0.05) is 12.1 Å². The van der Waals surface area contributed by atoms with Gasteiger partial charge in [-0.3, -0.25) is 4.98 Å². The van der Waals surface area contributed by atoms with E-state index in [0.29, 0.717) is 5.39 Å². The molecule has 0 saturated heterocycles. The van der Waals surface area contributed by atoms with E-state index in [1.807, 2.05) is 6.07 Å². The maximum absolute atomic E-state index is 12.3. The first kappa shape index (κ1) is 13.5. The van der Waals surface area contributed by atoms with Crippen LogP contribution in [0, 0.1) is 11.3 Å². The largest absolute Gasteiger partial charge is 0.264 e. The van der Waals surface area contributed by atoms with Crippen LogP contribution in [0.15, 0.2) is 41.6 Å². The molecule has 6 heteroatoms. The average molecular weight is 275 g/mol. The summed E-state index contributed by atoms with van der Waals surface area (Å²) in [6.45, 7) is 3.02. The Balaban J connectivity index is 2.59. The van der Waals surface area contributed by atoms with Crippen molar-refractivity contribution in [1.82, 2.24) is 9.71 Å². The van der Waals surface area contributed by atoms with Crippen LogP contribution in [0.3, 0.4) is 0 Å². The van der Waals surface area contributed by atoms with Gasteiger partial charge >= 0.3 is 0 Å². The SMILES string of the molecule is CC(C)(C#N)NS(=O)(=O)c1cccc2cnccc12. The number of aromatic nitrogens is 1. The van der Waals surface area contributed by atoms with Gasteiger partial charge in [-0.25, -0.2) is 8.42 Å². The van der Waals surface area contributed by atoms with E-state index in [4.69, 9.17) is 5.26 Å². The summed E-state index contributed by atoms with van der Waals surface area (Å²) in [4.78, 5) is 4.11. The minimum atomic E-state index is -3.76. The van der Waals surface area contributed by atoms with E-state index in [9.17, 15) is 8.42 Å². The van der Waals surface area contributed by atoms with Gasteiger partial charge in [-0.2, -0.15) is 9.98 Å². The van der Waals surface area contributed by atoms with Crippen molar-refractivity contribution in [2.45, 2.75) is 24.3 Å². The van der Waals surface area contributed by atoms with Crippen LogP contribution in [0.1, 0.15) is 13.8 Å². The van der Waals surface area contributed by atoms with E-state index in [1.165, 1.54) is 26.1 Å². The van der Waals surface area contributed by atoms with E-state index < -0.39 is 15.6 Å². The number of pyridine rings is 1. The first-order chi connectivity index (χ1) is 8.86. The van der Waals surface area contributed by atoms with Gasteiger partial charge in [-0.05, 0) is 26.0 Å². The summed E-state index contributed by atoms with van der Waals surface area (Å²) in [5.74, 6) is 0. The summed E-state index contributed by atoms with van der Waals surface area (Å²) in [7, 11) is -3.76. The molecule has 1 aromatic heterocycles. The smallest absolute Gasteiger partial charge is 0.242 e. The molecule has 0 atom stereocenters. The molecule has 19 heavy (non-hydrogen) atoms. The number of sulfonamides is 1. The molecule has 2 rings (SSSR count). The highest BCUT2D eigenvalue weighted by molar-refractivity contribution is 7.89. The van der Waals surface area contributed by atoms with Crippen molar-refractivity contribution in [3.8, 4) is 6.07 Å². The summed E-state index contributed by atoms with van der Waals surface area (Å²) in [5, 5.41) is 10.2. The Morgan fingerprint density at radius 1 is 1.32 bits per heavy atom. The number of hydrogen-bond donors (Lipinski definition) is 1. The molecule has 2 aromatic rings. The van der Waals surface area contributed by atoms with Gasteiger partial charge < -0.3 is 0 Å². The second kappa shape index (κ2) is 4.61. The monoisotopic (exact) mass is 275 g/mol. The van der Waals surface area contributed by atoms with Crippen LogP contribution < -0.4 is 4.72 Å². The molecule has 5 nitrogen and oxygen atoms in total. The topological polar surface area (TPSA) is 82.9 Å².